The molecule has 3 atom stereocenters. The lowest BCUT2D eigenvalue weighted by molar-refractivity contribution is -0.152. The second kappa shape index (κ2) is 8.48. The zero-order valence-corrected chi connectivity index (χ0v) is 15.9. The highest BCUT2D eigenvalue weighted by Gasteiger charge is 2.26. The molecule has 2 aromatic heterocycles. The normalized spacial score (nSPS) is 23.0. The van der Waals surface area contributed by atoms with E-state index >= 15 is 0 Å². The summed E-state index contributed by atoms with van der Waals surface area (Å²) in [6.45, 7) is -2.30. The Bertz CT molecular complexity index is 933. The average Bonchev–Trinajstić information content (AvgIpc) is 3.04. The molecule has 148 valence electrons. The Morgan fingerprint density at radius 2 is 2.33 bits per heavy atom. The van der Waals surface area contributed by atoms with Crippen molar-refractivity contribution in [1.82, 2.24) is 19.5 Å². The summed E-state index contributed by atoms with van der Waals surface area (Å²) in [7, 11) is 1.28. The molecule has 2 aromatic rings. The number of nitrogens with two attached hydrogens (primary N) is 1. The SMILES string of the molecule is COP(O)(=S)OCC1COC[C@H](Cn2cnc3c(=O)[nH]c(N=NN)nc32)O1. The van der Waals surface area contributed by atoms with Crippen molar-refractivity contribution in [2.45, 2.75) is 18.8 Å². The first-order valence-electron chi connectivity index (χ1n) is 7.74. The fraction of sp³-hybridized carbons (Fsp3) is 0.583. The van der Waals surface area contributed by atoms with Gasteiger partial charge in [0.05, 0.1) is 38.8 Å². The topological polar surface area (TPSA) is 171 Å². The van der Waals surface area contributed by atoms with E-state index < -0.39 is 18.4 Å². The Morgan fingerprint density at radius 1 is 1.56 bits per heavy atom. The molecule has 0 aliphatic carbocycles. The zero-order chi connectivity index (χ0) is 19.4. The van der Waals surface area contributed by atoms with Crippen molar-refractivity contribution in [2.24, 2.45) is 16.2 Å². The van der Waals surface area contributed by atoms with Gasteiger partial charge in [0, 0.05) is 7.11 Å². The molecule has 0 amide bonds. The maximum atomic E-state index is 12.0. The predicted molar refractivity (Wildman–Crippen MR) is 95.8 cm³/mol. The smallest absolute Gasteiger partial charge is 0.324 e. The molecule has 27 heavy (non-hydrogen) atoms. The third-order valence-electron chi connectivity index (χ3n) is 3.66. The Labute approximate surface area is 157 Å². The van der Waals surface area contributed by atoms with Crippen molar-refractivity contribution in [3.05, 3.63) is 16.7 Å². The second-order valence-electron chi connectivity index (χ2n) is 5.54. The van der Waals surface area contributed by atoms with Gasteiger partial charge in [-0.15, -0.1) is 0 Å². The van der Waals surface area contributed by atoms with Crippen LogP contribution < -0.4 is 11.4 Å². The molecular weight excluding hydrogens is 401 g/mol. The number of rotatable bonds is 7. The Morgan fingerprint density at radius 3 is 3.07 bits per heavy atom. The Kier molecular flexibility index (Phi) is 6.26. The van der Waals surface area contributed by atoms with Gasteiger partial charge in [-0.3, -0.25) is 9.78 Å². The maximum absolute atomic E-state index is 12.0. The van der Waals surface area contributed by atoms with E-state index in [1.54, 1.807) is 4.57 Å². The van der Waals surface area contributed by atoms with Crippen LogP contribution in [-0.2, 0) is 36.9 Å². The summed E-state index contributed by atoms with van der Waals surface area (Å²) in [5, 5.41) is 6.64. The molecule has 4 N–H and O–H groups in total. The van der Waals surface area contributed by atoms with Crippen LogP contribution in [0.25, 0.3) is 11.2 Å². The van der Waals surface area contributed by atoms with E-state index in [-0.39, 0.29) is 24.2 Å². The summed E-state index contributed by atoms with van der Waals surface area (Å²) in [6.07, 6.45) is 0.684. The van der Waals surface area contributed by atoms with Gasteiger partial charge in [-0.25, -0.2) is 4.98 Å². The van der Waals surface area contributed by atoms with Gasteiger partial charge >= 0.3 is 6.72 Å². The summed E-state index contributed by atoms with van der Waals surface area (Å²) < 4.78 is 22.9. The van der Waals surface area contributed by atoms with Crippen LogP contribution >= 0.6 is 6.72 Å². The van der Waals surface area contributed by atoms with E-state index in [9.17, 15) is 9.69 Å². The number of aromatic nitrogens is 4. The van der Waals surface area contributed by atoms with E-state index in [1.165, 1.54) is 13.4 Å². The van der Waals surface area contributed by atoms with Crippen LogP contribution in [0.4, 0.5) is 5.95 Å². The number of ether oxygens (including phenoxy) is 2. The third-order valence-corrected chi connectivity index (χ3v) is 5.36. The summed E-state index contributed by atoms with van der Waals surface area (Å²) in [5.41, 5.74) is 0.0125. The van der Waals surface area contributed by atoms with Crippen molar-refractivity contribution >= 4 is 35.6 Å². The number of imidazole rings is 1. The lowest BCUT2D eigenvalue weighted by Crippen LogP contribution is -2.40. The number of fused-ring (bicyclic) bond motifs is 1. The van der Waals surface area contributed by atoms with Crippen LogP contribution in [0, 0.1) is 0 Å². The standard InChI is InChI=1S/C12H18N7O6PS/c1-22-26(21,27)24-5-8-4-23-3-7(25-8)2-19-6-14-9-10(19)15-12(17-18-13)16-11(9)20/h6-8H,2-5H2,1H3,(H,21,27)(H3,13,15,16,17,20)/t7-,8?,26?/m0/s1. The van der Waals surface area contributed by atoms with Gasteiger partial charge in [-0.1, -0.05) is 10.3 Å². The highest BCUT2D eigenvalue weighted by Crippen LogP contribution is 2.42. The predicted octanol–water partition coefficient (Wildman–Crippen LogP) is -0.259. The van der Waals surface area contributed by atoms with Crippen LogP contribution in [0.3, 0.4) is 0 Å². The Balaban J connectivity index is 1.71. The minimum absolute atomic E-state index is 0.0295. The number of hydrogen-bond acceptors (Lipinski definition) is 10. The molecule has 0 aromatic carbocycles. The molecule has 0 spiro atoms. The minimum atomic E-state index is -3.26. The molecule has 0 saturated carbocycles. The molecule has 3 heterocycles. The summed E-state index contributed by atoms with van der Waals surface area (Å²) >= 11 is 4.78. The molecular formula is C12H18N7O6PS. The molecule has 0 radical (unpaired) electrons. The van der Waals surface area contributed by atoms with E-state index in [0.717, 1.165) is 0 Å². The highest BCUT2D eigenvalue weighted by atomic mass is 32.5. The van der Waals surface area contributed by atoms with Crippen molar-refractivity contribution in [3.63, 3.8) is 0 Å². The highest BCUT2D eigenvalue weighted by molar-refractivity contribution is 8.07. The van der Waals surface area contributed by atoms with Gasteiger partial charge in [-0.05, 0) is 11.8 Å². The van der Waals surface area contributed by atoms with Crippen molar-refractivity contribution < 1.29 is 23.4 Å². The first kappa shape index (κ1) is 19.9. The molecule has 1 aliphatic heterocycles. The molecule has 0 bridgehead atoms. The number of hydrogen-bond donors (Lipinski definition) is 3. The molecule has 13 nitrogen and oxygen atoms in total. The fourth-order valence-corrected chi connectivity index (χ4v) is 3.13. The quantitative estimate of drug-likeness (QED) is 0.235. The van der Waals surface area contributed by atoms with Crippen molar-refractivity contribution in [2.75, 3.05) is 26.9 Å². The van der Waals surface area contributed by atoms with Gasteiger partial charge in [0.1, 0.15) is 6.10 Å². The van der Waals surface area contributed by atoms with Crippen LogP contribution in [0.1, 0.15) is 0 Å². The number of nitrogens with zero attached hydrogens (tertiary/aromatic N) is 5. The Hall–Kier alpha value is -1.80. The van der Waals surface area contributed by atoms with Crippen molar-refractivity contribution in [1.29, 1.82) is 0 Å². The van der Waals surface area contributed by atoms with Gasteiger partial charge in [-0.2, -0.15) is 4.98 Å². The van der Waals surface area contributed by atoms with Crippen LogP contribution in [-0.4, -0.2) is 63.6 Å². The molecule has 15 heteroatoms. The van der Waals surface area contributed by atoms with Crippen molar-refractivity contribution in [3.8, 4) is 0 Å². The lowest BCUT2D eigenvalue weighted by atomic mass is 10.3. The van der Waals surface area contributed by atoms with Crippen LogP contribution in [0.2, 0.25) is 0 Å². The first-order chi connectivity index (χ1) is 12.9. The van der Waals surface area contributed by atoms with Gasteiger partial charge in [0.2, 0.25) is 0 Å². The second-order valence-corrected chi connectivity index (χ2v) is 8.48. The molecule has 3 rings (SSSR count). The van der Waals surface area contributed by atoms with E-state index in [4.69, 9.17) is 36.2 Å². The molecule has 1 aliphatic rings. The summed E-state index contributed by atoms with van der Waals surface area (Å²) in [6, 6.07) is 0. The van der Waals surface area contributed by atoms with E-state index in [2.05, 4.69) is 25.3 Å². The number of aromatic amines is 1. The third kappa shape index (κ3) is 4.93. The van der Waals surface area contributed by atoms with E-state index in [1.807, 2.05) is 0 Å². The zero-order valence-electron chi connectivity index (χ0n) is 14.2. The fourth-order valence-electron chi connectivity index (χ4n) is 2.49. The number of nitrogens with one attached hydrogen (secondary N) is 1. The van der Waals surface area contributed by atoms with Gasteiger partial charge < -0.3 is 33.8 Å². The maximum Gasteiger partial charge on any atom is 0.324 e. The van der Waals surface area contributed by atoms with E-state index in [0.29, 0.717) is 25.4 Å². The lowest BCUT2D eigenvalue weighted by Gasteiger charge is -2.30. The number of H-pyrrole nitrogens is 1. The summed E-state index contributed by atoms with van der Waals surface area (Å²) in [5.74, 6) is 4.96. The minimum Gasteiger partial charge on any atom is -0.376 e. The molecule has 1 saturated heterocycles. The largest absolute Gasteiger partial charge is 0.376 e. The van der Waals surface area contributed by atoms with Crippen LogP contribution in [0.15, 0.2) is 21.5 Å². The average molecular weight is 419 g/mol. The first-order valence-corrected chi connectivity index (χ1v) is 10.3. The monoisotopic (exact) mass is 419 g/mol. The van der Waals surface area contributed by atoms with Gasteiger partial charge in [0.25, 0.3) is 11.5 Å². The molecule has 1 fully saturated rings. The van der Waals surface area contributed by atoms with Gasteiger partial charge in [0.15, 0.2) is 11.2 Å². The molecule has 2 unspecified atom stereocenters. The summed E-state index contributed by atoms with van der Waals surface area (Å²) in [4.78, 5) is 32.3. The van der Waals surface area contributed by atoms with Crippen LogP contribution in [0.5, 0.6) is 0 Å².